The van der Waals surface area contributed by atoms with Crippen LogP contribution in [-0.2, 0) is 10.0 Å². The van der Waals surface area contributed by atoms with Gasteiger partial charge in [0, 0.05) is 18.7 Å². The average molecular weight is 563 g/mol. The molecule has 0 bridgehead atoms. The smallest absolute Gasteiger partial charge is 0.280 e. The standard InChI is InChI=1S/C29H30N4O4S2/c1-20-4-6-22(7-5-20)19-30-33(29-31-26-13-10-24(37-3)18-27(26)38-29)28(34)23-8-11-25(12-9-23)39(35,36)32-16-14-21(2)15-17-32/h4-13,18-19,21H,14-17H2,1-3H3/b30-19+. The van der Waals surface area contributed by atoms with Crippen LogP contribution in [0, 0.1) is 12.8 Å². The second-order valence-electron chi connectivity index (χ2n) is 9.71. The minimum Gasteiger partial charge on any atom is -0.497 e. The van der Waals surface area contributed by atoms with Gasteiger partial charge in [-0.3, -0.25) is 4.79 Å². The number of thiazole rings is 1. The van der Waals surface area contributed by atoms with E-state index in [4.69, 9.17) is 4.74 Å². The molecule has 0 atom stereocenters. The van der Waals surface area contributed by atoms with Crippen LogP contribution in [0.5, 0.6) is 5.75 Å². The molecule has 0 radical (unpaired) electrons. The van der Waals surface area contributed by atoms with Crippen LogP contribution in [0.4, 0.5) is 5.13 Å². The highest BCUT2D eigenvalue weighted by Gasteiger charge is 2.29. The van der Waals surface area contributed by atoms with Crippen LogP contribution in [0.25, 0.3) is 10.2 Å². The molecule has 0 aliphatic carbocycles. The quantitative estimate of drug-likeness (QED) is 0.212. The number of aromatic nitrogens is 1. The van der Waals surface area contributed by atoms with Gasteiger partial charge in [0.2, 0.25) is 15.2 Å². The Labute approximate surface area is 232 Å². The van der Waals surface area contributed by atoms with Crippen LogP contribution >= 0.6 is 11.3 Å². The van der Waals surface area contributed by atoms with Gasteiger partial charge in [0.25, 0.3) is 5.91 Å². The van der Waals surface area contributed by atoms with Crippen molar-refractivity contribution in [1.82, 2.24) is 9.29 Å². The lowest BCUT2D eigenvalue weighted by Crippen LogP contribution is -2.37. The van der Waals surface area contributed by atoms with Crippen molar-refractivity contribution in [3.05, 3.63) is 83.4 Å². The number of fused-ring (bicyclic) bond motifs is 1. The Balaban J connectivity index is 1.46. The molecule has 1 aromatic heterocycles. The summed E-state index contributed by atoms with van der Waals surface area (Å²) < 4.78 is 34.0. The molecular weight excluding hydrogens is 532 g/mol. The van der Waals surface area contributed by atoms with Crippen molar-refractivity contribution in [2.75, 3.05) is 25.2 Å². The summed E-state index contributed by atoms with van der Waals surface area (Å²) in [6.07, 6.45) is 3.30. The Morgan fingerprint density at radius 3 is 2.44 bits per heavy atom. The zero-order chi connectivity index (χ0) is 27.6. The predicted molar refractivity (Wildman–Crippen MR) is 155 cm³/mol. The number of rotatable bonds is 7. The number of anilines is 1. The van der Waals surface area contributed by atoms with E-state index in [9.17, 15) is 13.2 Å². The van der Waals surface area contributed by atoms with Crippen LogP contribution in [0.2, 0.25) is 0 Å². The third-order valence-corrected chi connectivity index (χ3v) is 9.75. The summed E-state index contributed by atoms with van der Waals surface area (Å²) >= 11 is 1.32. The molecule has 1 aliphatic heterocycles. The van der Waals surface area contributed by atoms with Crippen LogP contribution in [0.3, 0.4) is 0 Å². The first-order valence-electron chi connectivity index (χ1n) is 12.7. The maximum absolute atomic E-state index is 13.7. The highest BCUT2D eigenvalue weighted by atomic mass is 32.2. The third-order valence-electron chi connectivity index (χ3n) is 6.84. The molecule has 39 heavy (non-hydrogen) atoms. The van der Waals surface area contributed by atoms with Gasteiger partial charge in [-0.1, -0.05) is 48.1 Å². The lowest BCUT2D eigenvalue weighted by Gasteiger charge is -2.29. The van der Waals surface area contributed by atoms with Crippen molar-refractivity contribution in [1.29, 1.82) is 0 Å². The summed E-state index contributed by atoms with van der Waals surface area (Å²) in [5, 5.41) is 6.16. The molecule has 0 spiro atoms. The molecule has 10 heteroatoms. The first kappa shape index (κ1) is 27.0. The fraction of sp³-hybridized carbons (Fsp3) is 0.276. The van der Waals surface area contributed by atoms with Gasteiger partial charge in [0.05, 0.1) is 28.4 Å². The summed E-state index contributed by atoms with van der Waals surface area (Å²) in [4.78, 5) is 18.5. The fourth-order valence-electron chi connectivity index (χ4n) is 4.34. The molecule has 0 unspecified atom stereocenters. The largest absolute Gasteiger partial charge is 0.497 e. The monoisotopic (exact) mass is 562 g/mol. The van der Waals surface area contributed by atoms with Crippen LogP contribution in [0.15, 0.2) is 76.7 Å². The van der Waals surface area contributed by atoms with Crippen molar-refractivity contribution in [3.8, 4) is 5.75 Å². The van der Waals surface area contributed by atoms with E-state index in [2.05, 4.69) is 17.0 Å². The van der Waals surface area contributed by atoms with Gasteiger partial charge < -0.3 is 4.74 Å². The second kappa shape index (κ2) is 11.3. The topological polar surface area (TPSA) is 92.2 Å². The van der Waals surface area contributed by atoms with Crippen molar-refractivity contribution in [3.63, 3.8) is 0 Å². The predicted octanol–water partition coefficient (Wildman–Crippen LogP) is 5.71. The number of carbonyl (C=O) groups excluding carboxylic acids is 1. The first-order chi connectivity index (χ1) is 18.7. The summed E-state index contributed by atoms with van der Waals surface area (Å²) in [5.74, 6) is 0.797. The van der Waals surface area contributed by atoms with E-state index >= 15 is 0 Å². The van der Waals surface area contributed by atoms with Gasteiger partial charge in [-0.25, -0.2) is 13.4 Å². The molecule has 1 amide bonds. The number of piperidine rings is 1. The van der Waals surface area contributed by atoms with Gasteiger partial charge in [-0.15, -0.1) is 0 Å². The molecule has 1 aliphatic rings. The molecule has 2 heterocycles. The Bertz CT molecular complexity index is 1610. The highest BCUT2D eigenvalue weighted by Crippen LogP contribution is 2.33. The fourth-order valence-corrected chi connectivity index (χ4v) is 6.76. The van der Waals surface area contributed by atoms with Crippen molar-refractivity contribution >= 4 is 48.8 Å². The zero-order valence-corrected chi connectivity index (χ0v) is 23.7. The van der Waals surface area contributed by atoms with Gasteiger partial charge in [0.1, 0.15) is 5.75 Å². The minimum atomic E-state index is -3.62. The lowest BCUT2D eigenvalue weighted by atomic mass is 10.0. The SMILES string of the molecule is COc1ccc2nc(N(/N=C/c3ccc(C)cc3)C(=O)c3ccc(S(=O)(=O)N4CCC(C)CC4)cc3)sc2c1. The molecule has 1 saturated heterocycles. The first-order valence-corrected chi connectivity index (χ1v) is 15.0. The maximum atomic E-state index is 13.7. The van der Waals surface area contributed by atoms with Crippen molar-refractivity contribution in [2.45, 2.75) is 31.6 Å². The summed E-state index contributed by atoms with van der Waals surface area (Å²) in [7, 11) is -2.02. The Hall–Kier alpha value is -3.60. The average Bonchev–Trinajstić information content (AvgIpc) is 3.37. The number of methoxy groups -OCH3 is 1. The number of ether oxygens (including phenoxy) is 1. The molecular formula is C29H30N4O4S2. The number of benzene rings is 3. The third kappa shape index (κ3) is 5.88. The maximum Gasteiger partial charge on any atom is 0.280 e. The lowest BCUT2D eigenvalue weighted by molar-refractivity contribution is 0.0987. The summed E-state index contributed by atoms with van der Waals surface area (Å²) in [6.45, 7) is 5.16. The number of hydrogen-bond donors (Lipinski definition) is 0. The van der Waals surface area contributed by atoms with Gasteiger partial charge >= 0.3 is 0 Å². The molecule has 5 rings (SSSR count). The van der Waals surface area contributed by atoms with Gasteiger partial charge in [-0.05, 0) is 73.7 Å². The van der Waals surface area contributed by atoms with Gasteiger partial charge in [-0.2, -0.15) is 14.4 Å². The molecule has 0 N–H and O–H groups in total. The minimum absolute atomic E-state index is 0.176. The Morgan fingerprint density at radius 2 is 1.77 bits per heavy atom. The van der Waals surface area contributed by atoms with E-state index in [0.29, 0.717) is 35.5 Å². The number of amides is 1. The van der Waals surface area contributed by atoms with E-state index in [1.54, 1.807) is 13.3 Å². The number of hydrazone groups is 1. The van der Waals surface area contributed by atoms with Crippen molar-refractivity contribution in [2.24, 2.45) is 11.0 Å². The summed E-state index contributed by atoms with van der Waals surface area (Å²) in [6, 6.07) is 19.4. The van der Waals surface area contributed by atoms with Crippen molar-refractivity contribution < 1.29 is 17.9 Å². The highest BCUT2D eigenvalue weighted by molar-refractivity contribution is 7.89. The van der Waals surface area contributed by atoms with Gasteiger partial charge in [0.15, 0.2) is 0 Å². The molecule has 1 fully saturated rings. The normalized spacial score (nSPS) is 15.2. The number of nitrogens with zero attached hydrogens (tertiary/aromatic N) is 4. The molecule has 3 aromatic carbocycles. The van der Waals surface area contributed by atoms with E-state index < -0.39 is 15.9 Å². The number of carbonyl (C=O) groups is 1. The number of sulfonamides is 1. The van der Waals surface area contributed by atoms with Crippen LogP contribution < -0.4 is 9.75 Å². The van der Waals surface area contributed by atoms with E-state index in [1.807, 2.05) is 49.4 Å². The molecule has 0 saturated carbocycles. The van der Waals surface area contributed by atoms with E-state index in [-0.39, 0.29) is 4.90 Å². The zero-order valence-electron chi connectivity index (χ0n) is 22.1. The number of hydrogen-bond acceptors (Lipinski definition) is 7. The molecule has 202 valence electrons. The summed E-state index contributed by atoms with van der Waals surface area (Å²) in [5.41, 5.74) is 2.98. The van der Waals surface area contributed by atoms with E-state index in [0.717, 1.165) is 34.2 Å². The second-order valence-corrected chi connectivity index (χ2v) is 12.7. The van der Waals surface area contributed by atoms with Crippen LogP contribution in [0.1, 0.15) is 41.3 Å². The molecule has 8 nitrogen and oxygen atoms in total. The molecule has 4 aromatic rings. The Kier molecular flexibility index (Phi) is 7.79. The van der Waals surface area contributed by atoms with E-state index in [1.165, 1.54) is 44.9 Å². The van der Waals surface area contributed by atoms with Crippen LogP contribution in [-0.4, -0.2) is 50.0 Å². The number of aryl methyl sites for hydroxylation is 1. The Morgan fingerprint density at radius 1 is 1.08 bits per heavy atom.